The fourth-order valence-electron chi connectivity index (χ4n) is 2.27. The Hall–Kier alpha value is -1.06. The molecule has 4 heteroatoms. The minimum absolute atomic E-state index is 0.0921. The van der Waals surface area contributed by atoms with Crippen molar-refractivity contribution >= 4 is 11.9 Å². The monoisotopic (exact) mass is 197 g/mol. The highest BCUT2D eigenvalue weighted by Gasteiger charge is 2.43. The zero-order valence-corrected chi connectivity index (χ0v) is 8.36. The van der Waals surface area contributed by atoms with Crippen LogP contribution in [0.2, 0.25) is 0 Å². The van der Waals surface area contributed by atoms with Gasteiger partial charge in [0.05, 0.1) is 6.04 Å². The van der Waals surface area contributed by atoms with Crippen LogP contribution < -0.4 is 0 Å². The maximum atomic E-state index is 11.4. The van der Waals surface area contributed by atoms with Crippen molar-refractivity contribution in [1.82, 2.24) is 4.90 Å². The highest BCUT2D eigenvalue weighted by Crippen LogP contribution is 2.32. The topological polar surface area (TPSA) is 46.6 Å². The Bertz CT molecular complexity index is 264. The van der Waals surface area contributed by atoms with Crippen molar-refractivity contribution in [3.63, 3.8) is 0 Å². The van der Waals surface area contributed by atoms with Crippen LogP contribution in [-0.4, -0.2) is 35.5 Å². The molecule has 1 aliphatic heterocycles. The van der Waals surface area contributed by atoms with Gasteiger partial charge >= 0.3 is 6.09 Å². The molecule has 78 valence electrons. The summed E-state index contributed by atoms with van der Waals surface area (Å²) in [5.41, 5.74) is 0. The van der Waals surface area contributed by atoms with Crippen LogP contribution in [0.4, 0.5) is 4.79 Å². The number of ether oxygens (including phenoxy) is 1. The van der Waals surface area contributed by atoms with Crippen LogP contribution in [0.1, 0.15) is 32.6 Å². The molecule has 2 aliphatic rings. The molecule has 0 N–H and O–H groups in total. The number of carbonyl (C=O) groups is 2. The van der Waals surface area contributed by atoms with Crippen LogP contribution in [0.25, 0.3) is 0 Å². The predicted octanol–water partition coefficient (Wildman–Crippen LogP) is 1.34. The highest BCUT2D eigenvalue weighted by atomic mass is 16.6. The number of fused-ring (bicyclic) bond motifs is 1. The molecule has 0 unspecified atom stereocenters. The van der Waals surface area contributed by atoms with Gasteiger partial charge in [0.2, 0.25) is 0 Å². The lowest BCUT2D eigenvalue weighted by atomic mass is 10.2. The molecule has 2 atom stereocenters. The molecule has 1 saturated carbocycles. The summed E-state index contributed by atoms with van der Waals surface area (Å²) in [5.74, 6) is 0.124. The first-order valence-electron chi connectivity index (χ1n) is 5.15. The normalized spacial score (nSPS) is 30.4. The van der Waals surface area contributed by atoms with Crippen molar-refractivity contribution in [2.24, 2.45) is 0 Å². The van der Waals surface area contributed by atoms with Crippen molar-refractivity contribution in [3.8, 4) is 0 Å². The quantitative estimate of drug-likeness (QED) is 0.685. The number of nitrogens with zero attached hydrogens (tertiary/aromatic N) is 1. The van der Waals surface area contributed by atoms with Gasteiger partial charge in [-0.1, -0.05) is 0 Å². The number of hydrogen-bond donors (Lipinski definition) is 0. The van der Waals surface area contributed by atoms with Crippen molar-refractivity contribution in [2.75, 3.05) is 6.54 Å². The number of carbonyl (C=O) groups excluding carboxylic acids is 2. The van der Waals surface area contributed by atoms with E-state index in [0.29, 0.717) is 13.0 Å². The van der Waals surface area contributed by atoms with Crippen LogP contribution in [0.3, 0.4) is 0 Å². The van der Waals surface area contributed by atoms with Gasteiger partial charge < -0.3 is 9.64 Å². The lowest BCUT2D eigenvalue weighted by Crippen LogP contribution is -2.35. The van der Waals surface area contributed by atoms with Gasteiger partial charge in [0, 0.05) is 13.0 Å². The second-order valence-corrected chi connectivity index (χ2v) is 4.07. The summed E-state index contributed by atoms with van der Waals surface area (Å²) in [7, 11) is 0. The number of amides is 1. The lowest BCUT2D eigenvalue weighted by molar-refractivity contribution is -0.117. The molecule has 4 nitrogen and oxygen atoms in total. The van der Waals surface area contributed by atoms with Crippen LogP contribution in [-0.2, 0) is 9.53 Å². The predicted molar refractivity (Wildman–Crippen MR) is 49.9 cm³/mol. The van der Waals surface area contributed by atoms with E-state index in [9.17, 15) is 9.59 Å². The number of Topliss-reactive ketones (excluding diaryl/α,β-unsaturated/α-hetero) is 1. The molecule has 0 bridgehead atoms. The molecular weight excluding hydrogens is 182 g/mol. The molecule has 0 aromatic heterocycles. The third-order valence-corrected chi connectivity index (χ3v) is 3.01. The summed E-state index contributed by atoms with van der Waals surface area (Å²) in [6.07, 6.45) is 3.43. The average molecular weight is 197 g/mol. The number of ketones is 1. The fourth-order valence-corrected chi connectivity index (χ4v) is 2.27. The molecule has 1 aliphatic carbocycles. The Morgan fingerprint density at radius 1 is 1.57 bits per heavy atom. The molecular formula is C10H15NO3. The Morgan fingerprint density at radius 3 is 3.07 bits per heavy atom. The van der Waals surface area contributed by atoms with E-state index in [2.05, 4.69) is 0 Å². The number of hydrogen-bond acceptors (Lipinski definition) is 3. The molecule has 1 heterocycles. The molecule has 2 fully saturated rings. The van der Waals surface area contributed by atoms with E-state index in [0.717, 1.165) is 19.3 Å². The van der Waals surface area contributed by atoms with E-state index >= 15 is 0 Å². The van der Waals surface area contributed by atoms with Crippen molar-refractivity contribution < 1.29 is 14.3 Å². The second-order valence-electron chi connectivity index (χ2n) is 4.07. The van der Waals surface area contributed by atoms with Gasteiger partial charge in [-0.15, -0.1) is 0 Å². The highest BCUT2D eigenvalue weighted by molar-refractivity contribution is 5.77. The molecule has 0 aromatic rings. The van der Waals surface area contributed by atoms with Crippen LogP contribution in [0, 0.1) is 0 Å². The van der Waals surface area contributed by atoms with Crippen LogP contribution in [0.15, 0.2) is 0 Å². The van der Waals surface area contributed by atoms with E-state index in [4.69, 9.17) is 4.74 Å². The maximum absolute atomic E-state index is 11.4. The molecule has 2 rings (SSSR count). The van der Waals surface area contributed by atoms with E-state index < -0.39 is 0 Å². The van der Waals surface area contributed by atoms with Crippen molar-refractivity contribution in [2.45, 2.75) is 44.8 Å². The van der Waals surface area contributed by atoms with Gasteiger partial charge in [0.15, 0.2) is 0 Å². The first-order valence-corrected chi connectivity index (χ1v) is 5.15. The Morgan fingerprint density at radius 2 is 2.36 bits per heavy atom. The Labute approximate surface area is 83.2 Å². The summed E-state index contributed by atoms with van der Waals surface area (Å²) in [5, 5.41) is 0. The Kier molecular flexibility index (Phi) is 2.44. The maximum Gasteiger partial charge on any atom is 0.410 e. The summed E-state index contributed by atoms with van der Waals surface area (Å²) in [4.78, 5) is 23.9. The Balaban J connectivity index is 1.95. The lowest BCUT2D eigenvalue weighted by Gasteiger charge is -2.18. The minimum atomic E-state index is -0.235. The minimum Gasteiger partial charge on any atom is -0.444 e. The standard InChI is InChI=1S/C10H15NO3/c1-7(12)5-6-11-8-3-2-4-9(8)14-10(11)13/h8-9H,2-6H2,1H3/t8-,9+/m0/s1. The van der Waals surface area contributed by atoms with Gasteiger partial charge in [-0.2, -0.15) is 0 Å². The first kappa shape index (κ1) is 9.49. The van der Waals surface area contributed by atoms with Gasteiger partial charge in [-0.3, -0.25) is 4.79 Å². The largest absolute Gasteiger partial charge is 0.444 e. The molecule has 0 radical (unpaired) electrons. The van der Waals surface area contributed by atoms with Gasteiger partial charge in [-0.25, -0.2) is 4.79 Å². The van der Waals surface area contributed by atoms with E-state index in [1.807, 2.05) is 0 Å². The zero-order chi connectivity index (χ0) is 10.1. The second kappa shape index (κ2) is 3.59. The van der Waals surface area contributed by atoms with E-state index in [1.165, 1.54) is 0 Å². The fraction of sp³-hybridized carbons (Fsp3) is 0.800. The zero-order valence-electron chi connectivity index (χ0n) is 8.36. The van der Waals surface area contributed by atoms with Gasteiger partial charge in [0.1, 0.15) is 11.9 Å². The van der Waals surface area contributed by atoms with E-state index in [-0.39, 0.29) is 24.0 Å². The molecule has 1 saturated heterocycles. The average Bonchev–Trinajstić information content (AvgIpc) is 2.61. The summed E-state index contributed by atoms with van der Waals surface area (Å²) >= 11 is 0. The van der Waals surface area contributed by atoms with Crippen LogP contribution >= 0.6 is 0 Å². The summed E-state index contributed by atoms with van der Waals surface area (Å²) < 4.78 is 5.21. The molecule has 0 aromatic carbocycles. The SMILES string of the molecule is CC(=O)CCN1C(=O)O[C@@H]2CCC[C@@H]21. The molecule has 0 spiro atoms. The first-order chi connectivity index (χ1) is 6.68. The van der Waals surface area contributed by atoms with Crippen molar-refractivity contribution in [1.29, 1.82) is 0 Å². The molecule has 1 amide bonds. The smallest absolute Gasteiger partial charge is 0.410 e. The van der Waals surface area contributed by atoms with Gasteiger partial charge in [-0.05, 0) is 26.2 Å². The number of rotatable bonds is 3. The van der Waals surface area contributed by atoms with E-state index in [1.54, 1.807) is 11.8 Å². The van der Waals surface area contributed by atoms with Gasteiger partial charge in [0.25, 0.3) is 0 Å². The molecule has 14 heavy (non-hydrogen) atoms. The third-order valence-electron chi connectivity index (χ3n) is 3.01. The summed E-state index contributed by atoms with van der Waals surface area (Å²) in [6, 6.07) is 0.238. The van der Waals surface area contributed by atoms with Crippen molar-refractivity contribution in [3.05, 3.63) is 0 Å². The van der Waals surface area contributed by atoms with Crippen LogP contribution in [0.5, 0.6) is 0 Å². The summed E-state index contributed by atoms with van der Waals surface area (Å²) in [6.45, 7) is 2.07. The third kappa shape index (κ3) is 1.61.